The Balaban J connectivity index is 2.06. The van der Waals surface area contributed by atoms with Crippen LogP contribution in [0.5, 0.6) is 11.5 Å². The maximum Gasteiger partial charge on any atom is 0.264 e. The number of rotatable bonds is 14. The fourth-order valence-electron chi connectivity index (χ4n) is 4.53. The van der Waals surface area contributed by atoms with Crippen molar-refractivity contribution in [1.82, 2.24) is 10.2 Å². The molecule has 0 saturated heterocycles. The van der Waals surface area contributed by atoms with Gasteiger partial charge in [0.1, 0.15) is 12.6 Å². The summed E-state index contributed by atoms with van der Waals surface area (Å²) in [5.41, 5.74) is 2.13. The number of methoxy groups -OCH3 is 2. The third-order valence-corrected chi connectivity index (χ3v) is 8.55. The van der Waals surface area contributed by atoms with Gasteiger partial charge in [-0.15, -0.1) is 0 Å². The Bertz CT molecular complexity index is 1410. The lowest BCUT2D eigenvalue weighted by Crippen LogP contribution is -2.53. The van der Waals surface area contributed by atoms with E-state index in [4.69, 9.17) is 9.47 Å². The van der Waals surface area contributed by atoms with Gasteiger partial charge >= 0.3 is 0 Å². The van der Waals surface area contributed by atoms with Gasteiger partial charge in [0, 0.05) is 19.2 Å². The summed E-state index contributed by atoms with van der Waals surface area (Å²) in [5, 5.41) is 2.81. The van der Waals surface area contributed by atoms with Crippen LogP contribution in [0.3, 0.4) is 0 Å². The van der Waals surface area contributed by atoms with Crippen molar-refractivity contribution in [1.29, 1.82) is 0 Å². The number of carbonyl (C=O) groups is 2. The van der Waals surface area contributed by atoms with E-state index in [-0.39, 0.29) is 23.0 Å². The highest BCUT2D eigenvalue weighted by molar-refractivity contribution is 7.92. The summed E-state index contributed by atoms with van der Waals surface area (Å²) >= 11 is 0. The van der Waals surface area contributed by atoms with E-state index in [2.05, 4.69) is 5.32 Å². The molecule has 220 valence electrons. The van der Waals surface area contributed by atoms with Crippen molar-refractivity contribution < 1.29 is 27.5 Å². The summed E-state index contributed by atoms with van der Waals surface area (Å²) in [5.74, 6) is -0.0433. The molecule has 3 aromatic rings. The zero-order chi connectivity index (χ0) is 30.0. The highest BCUT2D eigenvalue weighted by Gasteiger charge is 2.33. The van der Waals surface area contributed by atoms with E-state index in [1.807, 2.05) is 51.1 Å². The Labute approximate surface area is 243 Å². The van der Waals surface area contributed by atoms with Crippen LogP contribution >= 0.6 is 0 Å². The first-order valence-corrected chi connectivity index (χ1v) is 15.0. The van der Waals surface area contributed by atoms with Crippen LogP contribution < -0.4 is 19.1 Å². The topological polar surface area (TPSA) is 105 Å². The standard InChI is InChI=1S/C31H39N3O6S/c1-6-27(31(36)32-7-2)33(20-19-24-11-9-8-10-12-24)30(35)22-34(25-15-18-28(39-4)29(21-25)40-5)41(37,38)26-16-13-23(3)14-17-26/h8-18,21,27H,6-7,19-20,22H2,1-5H3,(H,32,36)/t27-/m0/s1. The highest BCUT2D eigenvalue weighted by Crippen LogP contribution is 2.34. The normalized spacial score (nSPS) is 11.8. The number of nitrogens with zero attached hydrogens (tertiary/aromatic N) is 2. The Hall–Kier alpha value is -4.05. The summed E-state index contributed by atoms with van der Waals surface area (Å²) in [6.45, 7) is 5.64. The van der Waals surface area contributed by atoms with Gasteiger partial charge < -0.3 is 19.7 Å². The molecule has 0 aliphatic carbocycles. The Morgan fingerprint density at radius 2 is 1.56 bits per heavy atom. The summed E-state index contributed by atoms with van der Waals surface area (Å²) in [7, 11) is -1.25. The molecule has 0 fully saturated rings. The predicted octanol–water partition coefficient (Wildman–Crippen LogP) is 4.19. The predicted molar refractivity (Wildman–Crippen MR) is 160 cm³/mol. The van der Waals surface area contributed by atoms with Crippen molar-refractivity contribution in [2.75, 3.05) is 38.2 Å². The zero-order valence-electron chi connectivity index (χ0n) is 24.3. The Kier molecular flexibility index (Phi) is 11.2. The van der Waals surface area contributed by atoms with Gasteiger partial charge in [0.15, 0.2) is 11.5 Å². The van der Waals surface area contributed by atoms with Gasteiger partial charge in [0.25, 0.3) is 10.0 Å². The van der Waals surface area contributed by atoms with Crippen molar-refractivity contribution in [3.63, 3.8) is 0 Å². The zero-order valence-corrected chi connectivity index (χ0v) is 25.1. The van der Waals surface area contributed by atoms with Crippen LogP contribution in [-0.4, -0.2) is 65.0 Å². The molecule has 0 bridgehead atoms. The number of anilines is 1. The van der Waals surface area contributed by atoms with Crippen LogP contribution in [0, 0.1) is 6.92 Å². The van der Waals surface area contributed by atoms with E-state index in [0.29, 0.717) is 30.9 Å². The van der Waals surface area contributed by atoms with E-state index in [0.717, 1.165) is 15.4 Å². The van der Waals surface area contributed by atoms with Crippen LogP contribution in [-0.2, 0) is 26.0 Å². The molecule has 3 aromatic carbocycles. The molecule has 1 atom stereocenters. The lowest BCUT2D eigenvalue weighted by molar-refractivity contribution is -0.139. The molecule has 0 heterocycles. The smallest absolute Gasteiger partial charge is 0.264 e. The highest BCUT2D eigenvalue weighted by atomic mass is 32.2. The van der Waals surface area contributed by atoms with Gasteiger partial charge in [-0.1, -0.05) is 55.0 Å². The van der Waals surface area contributed by atoms with Crippen molar-refractivity contribution in [2.45, 2.75) is 44.6 Å². The van der Waals surface area contributed by atoms with E-state index in [1.54, 1.807) is 24.3 Å². The maximum absolute atomic E-state index is 14.1. The number of aryl methyl sites for hydroxylation is 1. The summed E-state index contributed by atoms with van der Waals surface area (Å²) in [6, 6.07) is 20.0. The second-order valence-electron chi connectivity index (χ2n) is 9.51. The number of sulfonamides is 1. The van der Waals surface area contributed by atoms with Gasteiger partial charge in [-0.3, -0.25) is 13.9 Å². The van der Waals surface area contributed by atoms with Crippen LogP contribution in [0.25, 0.3) is 0 Å². The number of likely N-dealkylation sites (N-methyl/N-ethyl adjacent to an activating group) is 1. The molecule has 9 nitrogen and oxygen atoms in total. The monoisotopic (exact) mass is 581 g/mol. The number of carbonyl (C=O) groups excluding carboxylic acids is 2. The average molecular weight is 582 g/mol. The van der Waals surface area contributed by atoms with E-state index >= 15 is 0 Å². The fraction of sp³-hybridized carbons (Fsp3) is 0.355. The van der Waals surface area contributed by atoms with Crippen LogP contribution in [0.2, 0.25) is 0 Å². The quantitative estimate of drug-likeness (QED) is 0.306. The molecule has 0 radical (unpaired) electrons. The Morgan fingerprint density at radius 1 is 0.902 bits per heavy atom. The summed E-state index contributed by atoms with van der Waals surface area (Å²) < 4.78 is 39.8. The van der Waals surface area contributed by atoms with Gasteiger partial charge in [-0.05, 0) is 56.5 Å². The van der Waals surface area contributed by atoms with Crippen LogP contribution in [0.1, 0.15) is 31.4 Å². The van der Waals surface area contributed by atoms with Crippen LogP contribution in [0.4, 0.5) is 5.69 Å². The second-order valence-corrected chi connectivity index (χ2v) is 11.4. The molecular weight excluding hydrogens is 542 g/mol. The number of benzene rings is 3. The van der Waals surface area contributed by atoms with Crippen molar-refractivity contribution in [3.8, 4) is 11.5 Å². The first-order valence-electron chi connectivity index (χ1n) is 13.6. The minimum Gasteiger partial charge on any atom is -0.493 e. The largest absolute Gasteiger partial charge is 0.493 e. The van der Waals surface area contributed by atoms with Gasteiger partial charge in [-0.2, -0.15) is 0 Å². The maximum atomic E-state index is 14.1. The van der Waals surface area contributed by atoms with Gasteiger partial charge in [-0.25, -0.2) is 8.42 Å². The van der Waals surface area contributed by atoms with E-state index < -0.39 is 28.5 Å². The molecule has 0 aromatic heterocycles. The molecule has 41 heavy (non-hydrogen) atoms. The molecular formula is C31H39N3O6S. The molecule has 0 aliphatic rings. The van der Waals surface area contributed by atoms with Crippen LogP contribution in [0.15, 0.2) is 77.7 Å². The summed E-state index contributed by atoms with van der Waals surface area (Å²) in [6.07, 6.45) is 0.872. The summed E-state index contributed by atoms with van der Waals surface area (Å²) in [4.78, 5) is 28.6. The van der Waals surface area contributed by atoms with Gasteiger partial charge in [0.05, 0.1) is 24.8 Å². The SMILES string of the molecule is CCNC(=O)[C@H](CC)N(CCc1ccccc1)C(=O)CN(c1ccc(OC)c(OC)c1)S(=O)(=O)c1ccc(C)cc1. The third kappa shape index (κ3) is 7.79. The number of amides is 2. The van der Waals surface area contributed by atoms with Crippen molar-refractivity contribution in [3.05, 3.63) is 83.9 Å². The minimum absolute atomic E-state index is 0.0392. The third-order valence-electron chi connectivity index (χ3n) is 6.76. The lowest BCUT2D eigenvalue weighted by Gasteiger charge is -2.33. The van der Waals surface area contributed by atoms with E-state index in [1.165, 1.54) is 37.3 Å². The molecule has 0 spiro atoms. The van der Waals surface area contributed by atoms with Crippen molar-refractivity contribution >= 4 is 27.5 Å². The second kappa shape index (κ2) is 14.5. The molecule has 0 aliphatic heterocycles. The first-order chi connectivity index (χ1) is 19.7. The Morgan fingerprint density at radius 3 is 2.15 bits per heavy atom. The molecule has 1 N–H and O–H groups in total. The first kappa shape index (κ1) is 31.5. The molecule has 3 rings (SSSR count). The fourth-order valence-corrected chi connectivity index (χ4v) is 5.94. The van der Waals surface area contributed by atoms with Crippen molar-refractivity contribution in [2.24, 2.45) is 0 Å². The molecule has 10 heteroatoms. The lowest BCUT2D eigenvalue weighted by atomic mass is 10.1. The molecule has 0 unspecified atom stereocenters. The number of nitrogens with one attached hydrogen (secondary N) is 1. The number of ether oxygens (including phenoxy) is 2. The number of hydrogen-bond acceptors (Lipinski definition) is 6. The minimum atomic E-state index is -4.19. The van der Waals surface area contributed by atoms with Gasteiger partial charge in [0.2, 0.25) is 11.8 Å². The number of hydrogen-bond donors (Lipinski definition) is 1. The van der Waals surface area contributed by atoms with E-state index in [9.17, 15) is 18.0 Å². The average Bonchev–Trinajstić information content (AvgIpc) is 2.98. The molecule has 2 amide bonds. The molecule has 0 saturated carbocycles.